The first kappa shape index (κ1) is 41.9. The van der Waals surface area contributed by atoms with Gasteiger partial charge in [-0.2, -0.15) is 0 Å². The van der Waals surface area contributed by atoms with Crippen LogP contribution in [0.4, 0.5) is 0 Å². The molecule has 0 bridgehead atoms. The van der Waals surface area contributed by atoms with E-state index in [0.717, 1.165) is 12.1 Å². The first-order valence-corrected chi connectivity index (χ1v) is 27.0. The Bertz CT molecular complexity index is 4220. The van der Waals surface area contributed by atoms with Crippen LogP contribution in [0.15, 0.2) is 293 Å². The smallest absolute Gasteiger partial charge is 0.0619 e. The summed E-state index contributed by atoms with van der Waals surface area (Å²) in [6.07, 6.45) is 13.0. The molecule has 0 saturated carbocycles. The van der Waals surface area contributed by atoms with Gasteiger partial charge in [-0.15, -0.1) is 10.0 Å². The molecule has 15 rings (SSSR count). The first-order chi connectivity index (χ1) is 36.2. The maximum atomic E-state index is 2.67. The summed E-state index contributed by atoms with van der Waals surface area (Å²) in [5, 5.41) is 3.77. The van der Waals surface area contributed by atoms with Crippen LogP contribution in [-0.4, -0.2) is 9.13 Å². The Labute approximate surface area is 427 Å². The number of hydrogen-bond donors (Lipinski definition) is 0. The van der Waals surface area contributed by atoms with Crippen molar-refractivity contribution in [2.45, 2.75) is 31.4 Å². The second kappa shape index (κ2) is 16.3. The maximum absolute atomic E-state index is 2.67. The molecule has 0 amide bonds. The Hall–Kier alpha value is -8.89. The van der Waals surface area contributed by atoms with Crippen molar-refractivity contribution < 1.29 is 0 Å². The largest absolute Gasteiger partial charge is 0.310 e. The average molecular weight is 949 g/mol. The van der Waals surface area contributed by atoms with Gasteiger partial charge in [-0.25, -0.2) is 0 Å². The fourth-order valence-corrected chi connectivity index (χ4v) is 16.7. The van der Waals surface area contributed by atoms with Crippen LogP contribution < -0.4 is 0 Å². The molecule has 1 aliphatic heterocycles. The monoisotopic (exact) mass is 948 g/mol. The van der Waals surface area contributed by atoms with Crippen molar-refractivity contribution in [3.8, 4) is 44.8 Å². The number of allylic oxidation sites excluding steroid dienone is 5. The third-order valence-electron chi connectivity index (χ3n) is 15.8. The van der Waals surface area contributed by atoms with E-state index < -0.39 is 10.0 Å². The molecule has 1 spiro atoms. The normalized spacial score (nSPS) is 15.6. The van der Waals surface area contributed by atoms with E-state index >= 15 is 0 Å². The Morgan fingerprint density at radius 3 is 1.70 bits per heavy atom. The number of rotatable bonds is 8. The van der Waals surface area contributed by atoms with Crippen molar-refractivity contribution >= 4 is 54.4 Å². The van der Waals surface area contributed by atoms with Gasteiger partial charge < -0.3 is 9.13 Å². The van der Waals surface area contributed by atoms with Gasteiger partial charge in [0.2, 0.25) is 0 Å². The fraction of sp³-hybridized carbons (Fsp3) is 0.0286. The van der Waals surface area contributed by atoms with Gasteiger partial charge in [-0.05, 0) is 107 Å². The topological polar surface area (TPSA) is 9.86 Å². The molecular weight excluding hydrogens is 901 g/mol. The van der Waals surface area contributed by atoms with Crippen LogP contribution in [0.25, 0.3) is 89.1 Å². The molecule has 0 N–H and O–H groups in total. The zero-order valence-electron chi connectivity index (χ0n) is 40.1. The van der Waals surface area contributed by atoms with E-state index in [2.05, 4.69) is 288 Å². The molecule has 0 fully saturated rings. The summed E-state index contributed by atoms with van der Waals surface area (Å²) in [6.45, 7) is 0. The summed E-state index contributed by atoms with van der Waals surface area (Å²) in [5.74, 6) is 0. The molecule has 3 heteroatoms. The maximum Gasteiger partial charge on any atom is 0.0619 e. The number of nitrogens with zero attached hydrogens (tertiary/aromatic N) is 2. The van der Waals surface area contributed by atoms with Crippen LogP contribution in [0.2, 0.25) is 0 Å². The highest BCUT2D eigenvalue weighted by Gasteiger charge is 2.48. The highest BCUT2D eigenvalue weighted by molar-refractivity contribution is 8.34. The van der Waals surface area contributed by atoms with Crippen molar-refractivity contribution in [1.82, 2.24) is 9.13 Å². The molecule has 0 radical (unpaired) electrons. The van der Waals surface area contributed by atoms with E-state index in [-0.39, 0.29) is 5.41 Å². The van der Waals surface area contributed by atoms with Crippen molar-refractivity contribution in [1.29, 1.82) is 0 Å². The molecular formula is C70H48N2S. The summed E-state index contributed by atoms with van der Waals surface area (Å²) in [7, 11) is -2.13. The minimum Gasteiger partial charge on any atom is -0.310 e. The predicted octanol–water partition coefficient (Wildman–Crippen LogP) is 18.7. The number of benzene rings is 10. The number of fused-ring (bicyclic) bond motifs is 9. The van der Waals surface area contributed by atoms with Crippen LogP contribution >= 0.6 is 10.0 Å². The van der Waals surface area contributed by atoms with Crippen LogP contribution in [0.3, 0.4) is 0 Å². The lowest BCUT2D eigenvalue weighted by atomic mass is 9.68. The summed E-state index contributed by atoms with van der Waals surface area (Å²) >= 11 is 0. The minimum absolute atomic E-state index is 0.346. The van der Waals surface area contributed by atoms with E-state index in [9.17, 15) is 0 Å². The van der Waals surface area contributed by atoms with E-state index in [4.69, 9.17) is 0 Å². The summed E-state index contributed by atoms with van der Waals surface area (Å²) in [4.78, 5) is 5.22. The average Bonchev–Trinajstić information content (AvgIpc) is 4.18. The minimum atomic E-state index is -2.13. The second-order valence-corrected chi connectivity index (χ2v) is 22.7. The number of para-hydroxylation sites is 2. The van der Waals surface area contributed by atoms with Gasteiger partial charge in [0.15, 0.2) is 0 Å². The van der Waals surface area contributed by atoms with Gasteiger partial charge >= 0.3 is 0 Å². The molecule has 2 nitrogen and oxygen atoms in total. The lowest BCUT2D eigenvalue weighted by Gasteiger charge is -2.45. The van der Waals surface area contributed by atoms with E-state index in [1.54, 1.807) is 0 Å². The summed E-state index contributed by atoms with van der Waals surface area (Å²) in [5.41, 5.74) is 18.3. The Kier molecular flexibility index (Phi) is 9.36. The fourth-order valence-electron chi connectivity index (χ4n) is 12.8. The quantitative estimate of drug-likeness (QED) is 0.144. The summed E-state index contributed by atoms with van der Waals surface area (Å²) in [6, 6.07) is 93.0. The summed E-state index contributed by atoms with van der Waals surface area (Å²) < 4.78 is 5.18. The zero-order chi connectivity index (χ0) is 48.1. The number of hydrogen-bond acceptors (Lipinski definition) is 0. The molecule has 3 heterocycles. The lowest BCUT2D eigenvalue weighted by Crippen LogP contribution is -2.33. The lowest BCUT2D eigenvalue weighted by molar-refractivity contribution is 0.648. The SMILES string of the molecule is C1=CC23CC=Cc4c2n(c2ccc(-n5c6ccccc6c6cccc(-c7ccccc7)c65)cc42)-c2c(cc(S(c4ccccc4)(c4ccccc4)c4cccc(-c5ccccc5)c4)cc2-c2ccccc2)C3=C1. The van der Waals surface area contributed by atoms with Crippen LogP contribution in [-0.2, 0) is 5.41 Å². The molecule has 12 aromatic rings. The third kappa shape index (κ3) is 6.07. The third-order valence-corrected chi connectivity index (χ3v) is 19.7. The predicted molar refractivity (Wildman–Crippen MR) is 306 cm³/mol. The standard InChI is InChI=1S/C70H48N2S/c1-6-22-48(23-7-1)51-28-18-33-55(44-51)73(53-29-12-4-13-30-53,54-31-14-5-15-32-54)56-46-61(50-26-10-3-11-27-50)68-63(47-56)64-38-21-43-70(64)42-20-37-60-62-45-52(40-41-66(62)72(68)69(60)70)71-65-39-17-16-34-58(65)59-36-19-35-57(67(59)71)49-24-8-2-9-25-49/h1-41,43-47H,42H2. The van der Waals surface area contributed by atoms with Gasteiger partial charge in [-0.1, -0.05) is 206 Å². The molecule has 2 aromatic heterocycles. The van der Waals surface area contributed by atoms with Crippen molar-refractivity contribution in [2.75, 3.05) is 0 Å². The zero-order valence-corrected chi connectivity index (χ0v) is 40.9. The van der Waals surface area contributed by atoms with Crippen LogP contribution in [0.1, 0.15) is 23.2 Å². The van der Waals surface area contributed by atoms with Crippen LogP contribution in [0.5, 0.6) is 0 Å². The second-order valence-electron chi connectivity index (χ2n) is 19.6. The molecule has 0 saturated heterocycles. The van der Waals surface area contributed by atoms with E-state index in [0.29, 0.717) is 0 Å². The van der Waals surface area contributed by atoms with Crippen molar-refractivity contribution in [3.63, 3.8) is 0 Å². The molecule has 10 aromatic carbocycles. The Balaban J connectivity index is 1.04. The highest BCUT2D eigenvalue weighted by Crippen LogP contribution is 2.75. The molecule has 344 valence electrons. The first-order valence-electron chi connectivity index (χ1n) is 25.4. The van der Waals surface area contributed by atoms with Gasteiger partial charge in [0.05, 0.1) is 27.7 Å². The molecule has 73 heavy (non-hydrogen) atoms. The van der Waals surface area contributed by atoms with E-state index in [1.165, 1.54) is 114 Å². The van der Waals surface area contributed by atoms with E-state index in [1.807, 2.05) is 0 Å². The van der Waals surface area contributed by atoms with Crippen molar-refractivity contribution in [3.05, 3.63) is 290 Å². The molecule has 3 aliphatic rings. The van der Waals surface area contributed by atoms with Gasteiger partial charge in [0.25, 0.3) is 0 Å². The number of aromatic nitrogens is 2. The highest BCUT2D eigenvalue weighted by atomic mass is 32.3. The van der Waals surface area contributed by atoms with Crippen molar-refractivity contribution in [2.24, 2.45) is 0 Å². The molecule has 2 aliphatic carbocycles. The molecule has 1 unspecified atom stereocenters. The Morgan fingerprint density at radius 1 is 0.397 bits per heavy atom. The van der Waals surface area contributed by atoms with Crippen LogP contribution in [0, 0.1) is 0 Å². The van der Waals surface area contributed by atoms with Gasteiger partial charge in [0.1, 0.15) is 0 Å². The molecule has 1 atom stereocenters. The van der Waals surface area contributed by atoms with Gasteiger partial charge in [-0.3, -0.25) is 0 Å². The Morgan fingerprint density at radius 2 is 0.973 bits per heavy atom. The van der Waals surface area contributed by atoms with Gasteiger partial charge in [0, 0.05) is 69.4 Å².